The molecular formula is C28H24N6O3S. The van der Waals surface area contributed by atoms with Crippen LogP contribution in [0.5, 0.6) is 0 Å². The van der Waals surface area contributed by atoms with E-state index in [-0.39, 0.29) is 17.3 Å². The highest BCUT2D eigenvalue weighted by molar-refractivity contribution is 7.89. The largest absolute Gasteiger partial charge is 0.355 e. The summed E-state index contributed by atoms with van der Waals surface area (Å²) in [5, 5.41) is 19.7. The van der Waals surface area contributed by atoms with Crippen molar-refractivity contribution in [1.29, 1.82) is 0 Å². The lowest BCUT2D eigenvalue weighted by Gasteiger charge is -2.13. The van der Waals surface area contributed by atoms with Gasteiger partial charge in [0.05, 0.1) is 33.1 Å². The zero-order valence-corrected chi connectivity index (χ0v) is 20.9. The normalized spacial score (nSPS) is 11.6. The van der Waals surface area contributed by atoms with Gasteiger partial charge in [0, 0.05) is 23.8 Å². The molecule has 0 radical (unpaired) electrons. The van der Waals surface area contributed by atoms with Gasteiger partial charge in [-0.05, 0) is 72.3 Å². The Kier molecular flexibility index (Phi) is 6.98. The molecule has 5 N–H and O–H groups in total. The van der Waals surface area contributed by atoms with E-state index >= 15 is 0 Å². The standard InChI is InChI=1S/C28H24N6O3S/c29-38(36,37)22-12-8-19(9-13-22)18-31-28(35)24-6-1-2-7-25(24)32-21-10-14-23-26(33-34-27(23)17-21)15-11-20-5-3-4-16-30-20/h1-17,32H,18H2,(H,31,35)(H,33,34)(H2,29,36,37)/b15-11+. The van der Waals surface area contributed by atoms with E-state index in [1.54, 1.807) is 30.5 Å². The van der Waals surface area contributed by atoms with Crippen LogP contribution in [0.25, 0.3) is 23.1 Å². The van der Waals surface area contributed by atoms with Gasteiger partial charge in [-0.25, -0.2) is 13.6 Å². The molecule has 2 aromatic heterocycles. The van der Waals surface area contributed by atoms with Crippen molar-refractivity contribution in [1.82, 2.24) is 20.5 Å². The summed E-state index contributed by atoms with van der Waals surface area (Å²) >= 11 is 0. The molecule has 2 heterocycles. The van der Waals surface area contributed by atoms with Gasteiger partial charge < -0.3 is 10.6 Å². The van der Waals surface area contributed by atoms with Crippen molar-refractivity contribution in [2.24, 2.45) is 5.14 Å². The van der Waals surface area contributed by atoms with Crippen LogP contribution >= 0.6 is 0 Å². The third kappa shape index (κ3) is 5.77. The van der Waals surface area contributed by atoms with Crippen molar-refractivity contribution in [2.45, 2.75) is 11.4 Å². The maximum Gasteiger partial charge on any atom is 0.253 e. The van der Waals surface area contributed by atoms with Crippen LogP contribution in [0.3, 0.4) is 0 Å². The molecule has 0 bridgehead atoms. The molecule has 0 unspecified atom stereocenters. The second kappa shape index (κ2) is 10.7. The van der Waals surface area contributed by atoms with E-state index in [1.165, 1.54) is 12.1 Å². The number of carbonyl (C=O) groups excluding carboxylic acids is 1. The molecule has 190 valence electrons. The third-order valence-electron chi connectivity index (χ3n) is 5.85. The molecule has 10 heteroatoms. The monoisotopic (exact) mass is 524 g/mol. The number of pyridine rings is 1. The van der Waals surface area contributed by atoms with Gasteiger partial charge >= 0.3 is 0 Å². The molecule has 0 fully saturated rings. The van der Waals surface area contributed by atoms with Crippen LogP contribution in [0.15, 0.2) is 96.0 Å². The van der Waals surface area contributed by atoms with Crippen molar-refractivity contribution in [3.63, 3.8) is 0 Å². The number of fused-ring (bicyclic) bond motifs is 1. The molecule has 0 spiro atoms. The van der Waals surface area contributed by atoms with Crippen LogP contribution in [0, 0.1) is 0 Å². The fraction of sp³-hybridized carbons (Fsp3) is 0.0357. The lowest BCUT2D eigenvalue weighted by molar-refractivity contribution is 0.0951. The van der Waals surface area contributed by atoms with Crippen LogP contribution in [0.2, 0.25) is 0 Å². The number of H-pyrrole nitrogens is 1. The summed E-state index contributed by atoms with van der Waals surface area (Å²) in [6, 6.07) is 24.8. The minimum atomic E-state index is -3.76. The minimum Gasteiger partial charge on any atom is -0.355 e. The van der Waals surface area contributed by atoms with Gasteiger partial charge in [-0.2, -0.15) is 5.10 Å². The highest BCUT2D eigenvalue weighted by Gasteiger charge is 2.13. The van der Waals surface area contributed by atoms with Gasteiger partial charge in [0.1, 0.15) is 0 Å². The van der Waals surface area contributed by atoms with E-state index in [0.29, 0.717) is 11.3 Å². The Bertz CT molecular complexity index is 1730. The fourth-order valence-electron chi connectivity index (χ4n) is 3.90. The number of nitrogens with zero attached hydrogens (tertiary/aromatic N) is 2. The molecule has 1 amide bonds. The Balaban J connectivity index is 1.29. The van der Waals surface area contributed by atoms with E-state index in [1.807, 2.05) is 60.7 Å². The Labute approximate surface area is 219 Å². The number of sulfonamides is 1. The van der Waals surface area contributed by atoms with E-state index in [4.69, 9.17) is 5.14 Å². The SMILES string of the molecule is NS(=O)(=O)c1ccc(CNC(=O)c2ccccc2Nc2ccc3c(/C=C/c4ccccn4)n[nH]c3c2)cc1. The lowest BCUT2D eigenvalue weighted by atomic mass is 10.1. The molecule has 38 heavy (non-hydrogen) atoms. The van der Waals surface area contributed by atoms with Crippen molar-refractivity contribution in [3.05, 3.63) is 114 Å². The predicted octanol–water partition coefficient (Wildman–Crippen LogP) is 4.45. The number of carbonyl (C=O) groups is 1. The molecule has 0 atom stereocenters. The molecule has 5 aromatic rings. The van der Waals surface area contributed by atoms with Crippen LogP contribution in [0.4, 0.5) is 11.4 Å². The van der Waals surface area contributed by atoms with E-state index in [9.17, 15) is 13.2 Å². The minimum absolute atomic E-state index is 0.0210. The van der Waals surface area contributed by atoms with Crippen LogP contribution in [-0.4, -0.2) is 29.5 Å². The van der Waals surface area contributed by atoms with Crippen LogP contribution < -0.4 is 15.8 Å². The third-order valence-corrected chi connectivity index (χ3v) is 6.78. The predicted molar refractivity (Wildman–Crippen MR) is 148 cm³/mol. The highest BCUT2D eigenvalue weighted by Crippen LogP contribution is 2.26. The van der Waals surface area contributed by atoms with Gasteiger partial charge in [-0.15, -0.1) is 0 Å². The maximum absolute atomic E-state index is 13.0. The molecule has 0 aliphatic carbocycles. The van der Waals surface area contributed by atoms with Gasteiger partial charge in [-0.1, -0.05) is 30.3 Å². The Morgan fingerprint density at radius 3 is 2.50 bits per heavy atom. The molecular weight excluding hydrogens is 500 g/mol. The first kappa shape index (κ1) is 24.9. The molecule has 0 aliphatic rings. The van der Waals surface area contributed by atoms with E-state index < -0.39 is 10.0 Å². The number of anilines is 2. The van der Waals surface area contributed by atoms with Crippen molar-refractivity contribution >= 4 is 50.4 Å². The zero-order chi connectivity index (χ0) is 26.5. The second-order valence-corrected chi connectivity index (χ2v) is 10.1. The first-order valence-corrected chi connectivity index (χ1v) is 13.2. The van der Waals surface area contributed by atoms with E-state index in [0.717, 1.165) is 33.5 Å². The maximum atomic E-state index is 13.0. The molecule has 0 aliphatic heterocycles. The average Bonchev–Trinajstić information content (AvgIpc) is 3.33. The summed E-state index contributed by atoms with van der Waals surface area (Å²) in [6.45, 7) is 0.229. The number of nitrogens with two attached hydrogens (primary N) is 1. The first-order chi connectivity index (χ1) is 18.4. The topological polar surface area (TPSA) is 143 Å². The number of amides is 1. The number of hydrogen-bond donors (Lipinski definition) is 4. The van der Waals surface area contributed by atoms with Gasteiger partial charge in [0.25, 0.3) is 5.91 Å². The zero-order valence-electron chi connectivity index (χ0n) is 20.1. The van der Waals surface area contributed by atoms with Gasteiger partial charge in [-0.3, -0.25) is 14.9 Å². The fourth-order valence-corrected chi connectivity index (χ4v) is 4.42. The summed E-state index contributed by atoms with van der Waals surface area (Å²) in [4.78, 5) is 17.3. The molecule has 3 aromatic carbocycles. The average molecular weight is 525 g/mol. The van der Waals surface area contributed by atoms with Gasteiger partial charge in [0.2, 0.25) is 10.0 Å². The molecule has 5 rings (SSSR count). The summed E-state index contributed by atoms with van der Waals surface area (Å²) in [6.07, 6.45) is 5.56. The summed E-state index contributed by atoms with van der Waals surface area (Å²) < 4.78 is 22.9. The number of aromatic amines is 1. The van der Waals surface area contributed by atoms with Crippen molar-refractivity contribution in [2.75, 3.05) is 5.32 Å². The van der Waals surface area contributed by atoms with Crippen LogP contribution in [0.1, 0.15) is 27.3 Å². The Morgan fingerprint density at radius 2 is 1.74 bits per heavy atom. The quantitative estimate of drug-likeness (QED) is 0.236. The Hall–Kier alpha value is -4.80. The van der Waals surface area contributed by atoms with Crippen molar-refractivity contribution in [3.8, 4) is 0 Å². The number of rotatable bonds is 8. The lowest BCUT2D eigenvalue weighted by Crippen LogP contribution is -2.23. The first-order valence-electron chi connectivity index (χ1n) is 11.7. The summed E-state index contributed by atoms with van der Waals surface area (Å²) in [7, 11) is -3.76. The van der Waals surface area contributed by atoms with Crippen LogP contribution in [-0.2, 0) is 16.6 Å². The number of para-hydroxylation sites is 1. The summed E-state index contributed by atoms with van der Waals surface area (Å²) in [5.74, 6) is -0.270. The van der Waals surface area contributed by atoms with E-state index in [2.05, 4.69) is 25.8 Å². The number of benzene rings is 3. The molecule has 0 saturated heterocycles. The molecule has 9 nitrogen and oxygen atoms in total. The second-order valence-electron chi connectivity index (χ2n) is 8.50. The van der Waals surface area contributed by atoms with Crippen molar-refractivity contribution < 1.29 is 13.2 Å². The smallest absolute Gasteiger partial charge is 0.253 e. The molecule has 0 saturated carbocycles. The number of primary sulfonamides is 1. The Morgan fingerprint density at radius 1 is 0.947 bits per heavy atom. The number of hydrogen-bond acceptors (Lipinski definition) is 6. The van der Waals surface area contributed by atoms with Gasteiger partial charge in [0.15, 0.2) is 0 Å². The number of nitrogens with one attached hydrogen (secondary N) is 3. The highest BCUT2D eigenvalue weighted by atomic mass is 32.2. The summed E-state index contributed by atoms with van der Waals surface area (Å²) in [5.41, 5.74) is 5.14. The number of aromatic nitrogens is 3.